The molecule has 0 bridgehead atoms. The highest BCUT2D eigenvalue weighted by atomic mass is 32.2. The third-order valence-corrected chi connectivity index (χ3v) is 4.45. The monoisotopic (exact) mass is 378 g/mol. The molecule has 1 aromatic carbocycles. The van der Waals surface area contributed by atoms with E-state index in [4.69, 9.17) is 0 Å². The number of rotatable bonds is 5. The molecule has 0 atom stereocenters. The van der Waals surface area contributed by atoms with Gasteiger partial charge in [0.25, 0.3) is 0 Å². The van der Waals surface area contributed by atoms with Crippen molar-refractivity contribution in [1.29, 1.82) is 0 Å². The molecular weight excluding hydrogens is 364 g/mol. The number of anilines is 1. The number of sulfonamides is 1. The maximum atomic E-state index is 13.5. The Bertz CT molecular complexity index is 883. The SMILES string of the molecule is COc1ccc(NS(=O)(=O)Cc2ccc(C)c(F)c2)c(C(F)(F)F)n1. The molecule has 5 nitrogen and oxygen atoms in total. The number of benzene rings is 1. The van der Waals surface area contributed by atoms with E-state index in [9.17, 15) is 26.0 Å². The summed E-state index contributed by atoms with van der Waals surface area (Å²) in [7, 11) is -3.08. The minimum absolute atomic E-state index is 0.102. The van der Waals surface area contributed by atoms with E-state index in [1.165, 1.54) is 19.1 Å². The molecule has 136 valence electrons. The van der Waals surface area contributed by atoms with Gasteiger partial charge in [0.05, 0.1) is 18.6 Å². The number of pyridine rings is 1. The van der Waals surface area contributed by atoms with Crippen LogP contribution in [0.4, 0.5) is 23.2 Å². The lowest BCUT2D eigenvalue weighted by Crippen LogP contribution is -2.20. The average Bonchev–Trinajstić information content (AvgIpc) is 2.49. The maximum Gasteiger partial charge on any atom is 0.435 e. The molecular formula is C15H14F4N2O3S. The molecule has 25 heavy (non-hydrogen) atoms. The van der Waals surface area contributed by atoms with Crippen LogP contribution in [-0.2, 0) is 22.0 Å². The van der Waals surface area contributed by atoms with Gasteiger partial charge in [-0.15, -0.1) is 0 Å². The molecule has 10 heteroatoms. The molecule has 0 saturated carbocycles. The minimum atomic E-state index is -4.89. The third-order valence-electron chi connectivity index (χ3n) is 3.21. The molecule has 0 fully saturated rings. The molecule has 0 aliphatic rings. The average molecular weight is 378 g/mol. The van der Waals surface area contributed by atoms with Crippen molar-refractivity contribution in [2.75, 3.05) is 11.8 Å². The fraction of sp³-hybridized carbons (Fsp3) is 0.267. The molecule has 0 radical (unpaired) electrons. The Morgan fingerprint density at radius 3 is 2.44 bits per heavy atom. The van der Waals surface area contributed by atoms with E-state index in [0.717, 1.165) is 25.3 Å². The predicted octanol–water partition coefficient (Wildman–Crippen LogP) is 3.50. The summed E-state index contributed by atoms with van der Waals surface area (Å²) in [4.78, 5) is 3.25. The summed E-state index contributed by atoms with van der Waals surface area (Å²) in [6.07, 6.45) is -4.89. The van der Waals surface area contributed by atoms with Crippen LogP contribution in [0.2, 0.25) is 0 Å². The number of ether oxygens (including phenoxy) is 1. The normalized spacial score (nSPS) is 12.1. The van der Waals surface area contributed by atoms with Crippen LogP contribution in [-0.4, -0.2) is 20.5 Å². The molecule has 0 saturated heterocycles. The zero-order valence-electron chi connectivity index (χ0n) is 13.2. The molecule has 1 heterocycles. The third kappa shape index (κ3) is 4.81. The molecule has 0 amide bonds. The van der Waals surface area contributed by atoms with Gasteiger partial charge in [0, 0.05) is 6.07 Å². The Kier molecular flexibility index (Phi) is 5.21. The number of aryl methyl sites for hydroxylation is 1. The fourth-order valence-electron chi connectivity index (χ4n) is 2.00. The van der Waals surface area contributed by atoms with Crippen LogP contribution in [0.3, 0.4) is 0 Å². The quantitative estimate of drug-likeness (QED) is 0.809. The summed E-state index contributed by atoms with van der Waals surface area (Å²) in [6, 6.07) is 5.79. The standard InChI is InChI=1S/C15H14F4N2O3S/c1-9-3-4-10(7-11(9)16)8-25(22,23)21-12-5-6-13(24-2)20-14(12)15(17,18)19/h3-7,21H,8H2,1-2H3. The van der Waals surface area contributed by atoms with Crippen molar-refractivity contribution in [2.24, 2.45) is 0 Å². The number of hydrogen-bond acceptors (Lipinski definition) is 4. The van der Waals surface area contributed by atoms with Gasteiger partial charge in [-0.25, -0.2) is 17.8 Å². The van der Waals surface area contributed by atoms with Gasteiger partial charge in [-0.2, -0.15) is 13.2 Å². The van der Waals surface area contributed by atoms with Crippen molar-refractivity contribution in [2.45, 2.75) is 18.9 Å². The number of alkyl halides is 3. The van der Waals surface area contributed by atoms with Crippen LogP contribution in [0.25, 0.3) is 0 Å². The first kappa shape index (κ1) is 19.0. The van der Waals surface area contributed by atoms with Crippen molar-refractivity contribution in [3.05, 3.63) is 53.0 Å². The summed E-state index contributed by atoms with van der Waals surface area (Å²) in [5, 5.41) is 0. The van der Waals surface area contributed by atoms with Gasteiger partial charge in [0.15, 0.2) is 5.69 Å². The van der Waals surface area contributed by atoms with E-state index in [1.54, 1.807) is 0 Å². The van der Waals surface area contributed by atoms with Crippen molar-refractivity contribution >= 4 is 15.7 Å². The molecule has 0 unspecified atom stereocenters. The highest BCUT2D eigenvalue weighted by molar-refractivity contribution is 7.91. The van der Waals surface area contributed by atoms with E-state index in [-0.39, 0.29) is 11.4 Å². The van der Waals surface area contributed by atoms with E-state index >= 15 is 0 Å². The first-order valence-electron chi connectivity index (χ1n) is 6.89. The molecule has 0 spiro atoms. The van der Waals surface area contributed by atoms with E-state index < -0.39 is 39.2 Å². The molecule has 1 aromatic heterocycles. The molecule has 2 aromatic rings. The Morgan fingerprint density at radius 1 is 1.20 bits per heavy atom. The number of hydrogen-bond donors (Lipinski definition) is 1. The van der Waals surface area contributed by atoms with Crippen molar-refractivity contribution in [3.8, 4) is 5.88 Å². The number of nitrogens with one attached hydrogen (secondary N) is 1. The summed E-state index contributed by atoms with van der Waals surface area (Å²) >= 11 is 0. The number of halogens is 4. The lowest BCUT2D eigenvalue weighted by Gasteiger charge is -2.15. The zero-order chi connectivity index (χ0) is 18.8. The van der Waals surface area contributed by atoms with Crippen molar-refractivity contribution < 1.29 is 30.7 Å². The van der Waals surface area contributed by atoms with Crippen LogP contribution in [0.1, 0.15) is 16.8 Å². The fourth-order valence-corrected chi connectivity index (χ4v) is 3.19. The smallest absolute Gasteiger partial charge is 0.435 e. The van der Waals surface area contributed by atoms with Crippen LogP contribution >= 0.6 is 0 Å². The number of nitrogens with zero attached hydrogens (tertiary/aromatic N) is 1. The van der Waals surface area contributed by atoms with Gasteiger partial charge in [-0.1, -0.05) is 12.1 Å². The van der Waals surface area contributed by atoms with Crippen molar-refractivity contribution in [3.63, 3.8) is 0 Å². The second kappa shape index (κ2) is 6.87. The Labute approximate surface area is 141 Å². The lowest BCUT2D eigenvalue weighted by molar-refractivity contribution is -0.140. The summed E-state index contributed by atoms with van der Waals surface area (Å²) in [6.45, 7) is 1.50. The molecule has 2 rings (SSSR count). The van der Waals surface area contributed by atoms with Crippen LogP contribution in [0.15, 0.2) is 30.3 Å². The van der Waals surface area contributed by atoms with Gasteiger partial charge in [0.2, 0.25) is 15.9 Å². The van der Waals surface area contributed by atoms with Crippen LogP contribution in [0.5, 0.6) is 5.88 Å². The number of aromatic nitrogens is 1. The Morgan fingerprint density at radius 2 is 1.88 bits per heavy atom. The second-order valence-corrected chi connectivity index (χ2v) is 6.91. The summed E-state index contributed by atoms with van der Waals surface area (Å²) in [5.74, 6) is -1.60. The minimum Gasteiger partial charge on any atom is -0.481 e. The predicted molar refractivity (Wildman–Crippen MR) is 83.2 cm³/mol. The summed E-state index contributed by atoms with van der Waals surface area (Å²) in [5.41, 5.74) is -1.73. The van der Waals surface area contributed by atoms with Gasteiger partial charge in [0.1, 0.15) is 5.82 Å². The Hall–Kier alpha value is -2.36. The molecule has 1 N–H and O–H groups in total. The summed E-state index contributed by atoms with van der Waals surface area (Å²) < 4.78 is 83.4. The van der Waals surface area contributed by atoms with Gasteiger partial charge >= 0.3 is 6.18 Å². The van der Waals surface area contributed by atoms with Crippen LogP contribution < -0.4 is 9.46 Å². The zero-order valence-corrected chi connectivity index (χ0v) is 14.0. The molecule has 0 aliphatic heterocycles. The maximum absolute atomic E-state index is 13.5. The first-order chi connectivity index (χ1) is 11.5. The van der Waals surface area contributed by atoms with E-state index in [2.05, 4.69) is 9.72 Å². The Balaban J connectivity index is 2.32. The van der Waals surface area contributed by atoms with Gasteiger partial charge in [-0.05, 0) is 30.2 Å². The highest BCUT2D eigenvalue weighted by Crippen LogP contribution is 2.35. The van der Waals surface area contributed by atoms with E-state index in [1.807, 2.05) is 4.72 Å². The van der Waals surface area contributed by atoms with Gasteiger partial charge < -0.3 is 4.74 Å². The highest BCUT2D eigenvalue weighted by Gasteiger charge is 2.37. The molecule has 0 aliphatic carbocycles. The lowest BCUT2D eigenvalue weighted by atomic mass is 10.2. The van der Waals surface area contributed by atoms with Crippen LogP contribution in [0, 0.1) is 12.7 Å². The second-order valence-electron chi connectivity index (χ2n) is 5.19. The largest absolute Gasteiger partial charge is 0.481 e. The van der Waals surface area contributed by atoms with Gasteiger partial charge in [-0.3, -0.25) is 4.72 Å². The number of methoxy groups -OCH3 is 1. The topological polar surface area (TPSA) is 68.3 Å². The first-order valence-corrected chi connectivity index (χ1v) is 8.55. The van der Waals surface area contributed by atoms with E-state index in [0.29, 0.717) is 5.56 Å². The van der Waals surface area contributed by atoms with Crippen molar-refractivity contribution in [1.82, 2.24) is 4.98 Å².